The van der Waals surface area contributed by atoms with Gasteiger partial charge >= 0.3 is 5.69 Å². The Labute approximate surface area is 134 Å². The number of carbonyl (C=O) groups is 1. The van der Waals surface area contributed by atoms with Crippen molar-refractivity contribution < 1.29 is 14.5 Å². The molecule has 0 aliphatic rings. The predicted octanol–water partition coefficient (Wildman–Crippen LogP) is 2.72. The first-order valence-electron chi connectivity index (χ1n) is 7.29. The molecule has 0 heterocycles. The van der Waals surface area contributed by atoms with Gasteiger partial charge in [0.25, 0.3) is 5.91 Å². The van der Waals surface area contributed by atoms with E-state index >= 15 is 0 Å². The van der Waals surface area contributed by atoms with E-state index in [1.54, 1.807) is 19.1 Å². The maximum absolute atomic E-state index is 12.0. The summed E-state index contributed by atoms with van der Waals surface area (Å²) in [6.45, 7) is 2.04. The van der Waals surface area contributed by atoms with Crippen LogP contribution >= 0.6 is 0 Å². The summed E-state index contributed by atoms with van der Waals surface area (Å²) >= 11 is 0. The minimum atomic E-state index is -0.813. The van der Waals surface area contributed by atoms with Crippen LogP contribution in [0.1, 0.15) is 12.5 Å². The lowest BCUT2D eigenvalue weighted by Crippen LogP contribution is -2.37. The van der Waals surface area contributed by atoms with Crippen molar-refractivity contribution in [2.75, 3.05) is 6.54 Å². The van der Waals surface area contributed by atoms with E-state index in [2.05, 4.69) is 5.32 Å². The average Bonchev–Trinajstić information content (AvgIpc) is 2.56. The number of rotatable bonds is 7. The van der Waals surface area contributed by atoms with Crippen LogP contribution in [0.3, 0.4) is 0 Å². The molecule has 0 bridgehead atoms. The van der Waals surface area contributed by atoms with E-state index < -0.39 is 11.0 Å². The fourth-order valence-electron chi connectivity index (χ4n) is 2.07. The molecule has 1 unspecified atom stereocenters. The Bertz CT molecular complexity index is 673. The Morgan fingerprint density at radius 1 is 1.17 bits per heavy atom. The summed E-state index contributed by atoms with van der Waals surface area (Å²) < 4.78 is 5.42. The van der Waals surface area contributed by atoms with E-state index in [9.17, 15) is 14.9 Å². The number of nitrogens with zero attached hydrogens (tertiary/aromatic N) is 1. The summed E-state index contributed by atoms with van der Waals surface area (Å²) in [6, 6.07) is 15.8. The lowest BCUT2D eigenvalue weighted by Gasteiger charge is -2.14. The standard InChI is InChI=1S/C17H18N2O4/c1-13(23-16-10-6-5-9-15(16)19(21)22)17(20)18-12-11-14-7-3-2-4-8-14/h2-10,13H,11-12H2,1H3,(H,18,20). The molecule has 2 aromatic carbocycles. The molecular weight excluding hydrogens is 296 g/mol. The molecule has 2 aromatic rings. The maximum atomic E-state index is 12.0. The number of nitro benzene ring substituents is 1. The van der Waals surface area contributed by atoms with Crippen LogP contribution in [0.4, 0.5) is 5.69 Å². The quantitative estimate of drug-likeness (QED) is 0.629. The number of ether oxygens (including phenoxy) is 1. The third-order valence-electron chi connectivity index (χ3n) is 3.29. The molecule has 6 nitrogen and oxygen atoms in total. The zero-order chi connectivity index (χ0) is 16.7. The molecule has 2 rings (SSSR count). The molecule has 6 heteroatoms. The van der Waals surface area contributed by atoms with E-state index in [1.165, 1.54) is 12.1 Å². The zero-order valence-corrected chi connectivity index (χ0v) is 12.8. The van der Waals surface area contributed by atoms with E-state index in [0.717, 1.165) is 5.56 Å². The Morgan fingerprint density at radius 2 is 1.83 bits per heavy atom. The second-order valence-electron chi connectivity index (χ2n) is 5.01. The molecule has 0 aliphatic carbocycles. The van der Waals surface area contributed by atoms with Crippen molar-refractivity contribution in [2.24, 2.45) is 0 Å². The van der Waals surface area contributed by atoms with Gasteiger partial charge in [-0.25, -0.2) is 0 Å². The molecular formula is C17H18N2O4. The van der Waals surface area contributed by atoms with Crippen LogP contribution in [0.5, 0.6) is 5.75 Å². The summed E-state index contributed by atoms with van der Waals surface area (Å²) in [5.74, 6) is -0.220. The SMILES string of the molecule is CC(Oc1ccccc1[N+](=O)[O-])C(=O)NCCc1ccccc1. The second kappa shape index (κ2) is 7.93. The summed E-state index contributed by atoms with van der Waals surface area (Å²) in [5.41, 5.74) is 0.969. The molecule has 0 fully saturated rings. The highest BCUT2D eigenvalue weighted by molar-refractivity contribution is 5.80. The smallest absolute Gasteiger partial charge is 0.310 e. The van der Waals surface area contributed by atoms with Crippen molar-refractivity contribution in [3.05, 3.63) is 70.3 Å². The van der Waals surface area contributed by atoms with Crippen molar-refractivity contribution in [2.45, 2.75) is 19.4 Å². The molecule has 1 amide bonds. The molecule has 1 atom stereocenters. The van der Waals surface area contributed by atoms with Crippen LogP contribution in [0.25, 0.3) is 0 Å². The monoisotopic (exact) mass is 314 g/mol. The number of hydrogen-bond donors (Lipinski definition) is 1. The van der Waals surface area contributed by atoms with Crippen LogP contribution in [-0.2, 0) is 11.2 Å². The molecule has 120 valence electrons. The zero-order valence-electron chi connectivity index (χ0n) is 12.8. The highest BCUT2D eigenvalue weighted by atomic mass is 16.6. The average molecular weight is 314 g/mol. The van der Waals surface area contributed by atoms with Crippen molar-refractivity contribution in [3.63, 3.8) is 0 Å². The minimum absolute atomic E-state index is 0.0863. The second-order valence-corrected chi connectivity index (χ2v) is 5.01. The largest absolute Gasteiger partial charge is 0.474 e. The van der Waals surface area contributed by atoms with Crippen molar-refractivity contribution in [3.8, 4) is 5.75 Å². The van der Waals surface area contributed by atoms with Gasteiger partial charge in [-0.1, -0.05) is 42.5 Å². The third kappa shape index (κ3) is 4.81. The number of nitrogens with one attached hydrogen (secondary N) is 1. The van der Waals surface area contributed by atoms with Crippen LogP contribution in [-0.4, -0.2) is 23.5 Å². The molecule has 0 spiro atoms. The van der Waals surface area contributed by atoms with E-state index in [4.69, 9.17) is 4.74 Å². The Morgan fingerprint density at radius 3 is 2.52 bits per heavy atom. The van der Waals surface area contributed by atoms with E-state index in [0.29, 0.717) is 13.0 Å². The van der Waals surface area contributed by atoms with Crippen LogP contribution < -0.4 is 10.1 Å². The number of nitro groups is 1. The minimum Gasteiger partial charge on any atom is -0.474 e. The topological polar surface area (TPSA) is 81.5 Å². The molecule has 0 radical (unpaired) electrons. The fourth-order valence-corrected chi connectivity index (χ4v) is 2.07. The van der Waals surface area contributed by atoms with Gasteiger partial charge in [-0.05, 0) is 25.0 Å². The van der Waals surface area contributed by atoms with Gasteiger partial charge in [0.05, 0.1) is 4.92 Å². The Balaban J connectivity index is 1.87. The summed E-state index contributed by atoms with van der Waals surface area (Å²) in [6.07, 6.45) is -0.100. The first-order chi connectivity index (χ1) is 11.1. The molecule has 0 aliphatic heterocycles. The van der Waals surface area contributed by atoms with Crippen LogP contribution in [0.2, 0.25) is 0 Å². The molecule has 23 heavy (non-hydrogen) atoms. The number of amides is 1. The normalized spacial score (nSPS) is 11.5. The first kappa shape index (κ1) is 16.5. The Kier molecular flexibility index (Phi) is 5.68. The van der Waals surface area contributed by atoms with Gasteiger partial charge in [-0.15, -0.1) is 0 Å². The highest BCUT2D eigenvalue weighted by Crippen LogP contribution is 2.26. The summed E-state index contributed by atoms with van der Waals surface area (Å²) in [4.78, 5) is 22.4. The lowest BCUT2D eigenvalue weighted by atomic mass is 10.1. The van der Waals surface area contributed by atoms with Gasteiger partial charge in [0.15, 0.2) is 11.9 Å². The first-order valence-corrected chi connectivity index (χ1v) is 7.29. The summed E-state index contributed by atoms with van der Waals surface area (Å²) in [5, 5.41) is 13.7. The van der Waals surface area contributed by atoms with Gasteiger partial charge in [0.1, 0.15) is 0 Å². The fraction of sp³-hybridized carbons (Fsp3) is 0.235. The number of hydrogen-bond acceptors (Lipinski definition) is 4. The predicted molar refractivity (Wildman–Crippen MR) is 86.3 cm³/mol. The van der Waals surface area contributed by atoms with E-state index in [1.807, 2.05) is 30.3 Å². The van der Waals surface area contributed by atoms with Gasteiger partial charge in [0, 0.05) is 12.6 Å². The number of carbonyl (C=O) groups excluding carboxylic acids is 1. The molecule has 0 saturated carbocycles. The Hall–Kier alpha value is -2.89. The van der Waals surface area contributed by atoms with Crippen molar-refractivity contribution in [1.29, 1.82) is 0 Å². The summed E-state index contributed by atoms with van der Waals surface area (Å²) in [7, 11) is 0. The number of para-hydroxylation sites is 2. The molecule has 1 N–H and O–H groups in total. The van der Waals surface area contributed by atoms with Gasteiger partial charge in [0.2, 0.25) is 0 Å². The van der Waals surface area contributed by atoms with E-state index in [-0.39, 0.29) is 17.3 Å². The van der Waals surface area contributed by atoms with Crippen LogP contribution in [0.15, 0.2) is 54.6 Å². The van der Waals surface area contributed by atoms with Crippen molar-refractivity contribution in [1.82, 2.24) is 5.32 Å². The number of benzene rings is 2. The van der Waals surface area contributed by atoms with Gasteiger partial charge in [-0.3, -0.25) is 14.9 Å². The lowest BCUT2D eigenvalue weighted by molar-refractivity contribution is -0.386. The molecule has 0 saturated heterocycles. The maximum Gasteiger partial charge on any atom is 0.310 e. The third-order valence-corrected chi connectivity index (χ3v) is 3.29. The molecule has 0 aromatic heterocycles. The van der Waals surface area contributed by atoms with Crippen molar-refractivity contribution >= 4 is 11.6 Å². The van der Waals surface area contributed by atoms with Gasteiger partial charge < -0.3 is 10.1 Å². The van der Waals surface area contributed by atoms with Gasteiger partial charge in [-0.2, -0.15) is 0 Å². The highest BCUT2D eigenvalue weighted by Gasteiger charge is 2.20. The van der Waals surface area contributed by atoms with Crippen LogP contribution in [0, 0.1) is 10.1 Å².